The van der Waals surface area contributed by atoms with Gasteiger partial charge in [-0.3, -0.25) is 0 Å². The Morgan fingerprint density at radius 1 is 1.05 bits per heavy atom. The number of benzene rings is 1. The van der Waals surface area contributed by atoms with E-state index in [9.17, 15) is 0 Å². The van der Waals surface area contributed by atoms with Gasteiger partial charge in [0.15, 0.2) is 0 Å². The molecule has 0 saturated heterocycles. The van der Waals surface area contributed by atoms with Crippen LogP contribution in [0.5, 0.6) is 0 Å². The van der Waals surface area contributed by atoms with Gasteiger partial charge in [-0.05, 0) is 41.2 Å². The van der Waals surface area contributed by atoms with Crippen molar-refractivity contribution < 1.29 is 0 Å². The number of anilines is 1. The van der Waals surface area contributed by atoms with E-state index in [4.69, 9.17) is 0 Å². The number of rotatable bonds is 2. The molecule has 1 heteroatoms. The van der Waals surface area contributed by atoms with Crippen LogP contribution in [-0.2, 0) is 11.8 Å². The van der Waals surface area contributed by atoms with Crippen LogP contribution in [0.15, 0.2) is 18.2 Å². The van der Waals surface area contributed by atoms with Crippen LogP contribution >= 0.6 is 0 Å². The van der Waals surface area contributed by atoms with Crippen LogP contribution in [0.2, 0.25) is 0 Å². The fraction of sp³-hybridized carbons (Fsp3) is 0.700. The van der Waals surface area contributed by atoms with Crippen molar-refractivity contribution in [2.24, 2.45) is 11.8 Å². The molecule has 21 heavy (non-hydrogen) atoms. The Bertz CT molecular complexity index is 477. The molecule has 0 spiro atoms. The lowest BCUT2D eigenvalue weighted by Gasteiger charge is -2.34. The van der Waals surface area contributed by atoms with E-state index in [-0.39, 0.29) is 5.41 Å². The second-order valence-electron chi connectivity index (χ2n) is 8.28. The van der Waals surface area contributed by atoms with Gasteiger partial charge in [0.25, 0.3) is 0 Å². The summed E-state index contributed by atoms with van der Waals surface area (Å²) in [6.07, 6.45) is 10.1. The van der Waals surface area contributed by atoms with Crippen molar-refractivity contribution in [1.29, 1.82) is 0 Å². The van der Waals surface area contributed by atoms with Crippen LogP contribution in [0, 0.1) is 11.8 Å². The molecule has 0 amide bonds. The molecule has 1 nitrogen and oxygen atoms in total. The van der Waals surface area contributed by atoms with Gasteiger partial charge < -0.3 is 5.32 Å². The average molecular weight is 285 g/mol. The van der Waals surface area contributed by atoms with Crippen molar-refractivity contribution in [2.45, 2.75) is 71.1 Å². The van der Waals surface area contributed by atoms with Crippen molar-refractivity contribution in [1.82, 2.24) is 0 Å². The van der Waals surface area contributed by atoms with Crippen molar-refractivity contribution in [3.8, 4) is 0 Å². The van der Waals surface area contributed by atoms with Crippen LogP contribution in [0.4, 0.5) is 5.69 Å². The fourth-order valence-electron chi connectivity index (χ4n) is 4.29. The summed E-state index contributed by atoms with van der Waals surface area (Å²) < 4.78 is 0. The molecule has 1 aromatic carbocycles. The number of fused-ring (bicyclic) bond motifs is 1. The van der Waals surface area contributed by atoms with Gasteiger partial charge in [0.05, 0.1) is 0 Å². The Hall–Kier alpha value is -0.980. The number of hydrogen-bond donors (Lipinski definition) is 1. The van der Waals surface area contributed by atoms with E-state index in [2.05, 4.69) is 44.3 Å². The molecule has 1 fully saturated rings. The Kier molecular flexibility index (Phi) is 4.28. The zero-order chi connectivity index (χ0) is 14.9. The van der Waals surface area contributed by atoms with Gasteiger partial charge in [0.1, 0.15) is 0 Å². The standard InChI is InChI=1S/C20H31N/c1-20(2,3)18-11-7-10-17-13-16(14-21-19(17)18)12-15-8-5-4-6-9-15/h7,10-11,15-16,21H,4-6,8-9,12-14H2,1-3H3. The number of hydrogen-bond acceptors (Lipinski definition) is 1. The normalized spacial score (nSPS) is 23.5. The predicted octanol–water partition coefficient (Wildman–Crippen LogP) is 5.54. The lowest BCUT2D eigenvalue weighted by molar-refractivity contribution is 0.289. The zero-order valence-corrected chi connectivity index (χ0v) is 14.0. The molecule has 0 bridgehead atoms. The van der Waals surface area contributed by atoms with Gasteiger partial charge in [0.2, 0.25) is 0 Å². The maximum atomic E-state index is 3.78. The summed E-state index contributed by atoms with van der Waals surface area (Å²) >= 11 is 0. The second-order valence-corrected chi connectivity index (χ2v) is 8.28. The van der Waals surface area contributed by atoms with E-state index in [1.807, 2.05) is 0 Å². The molecule has 1 N–H and O–H groups in total. The highest BCUT2D eigenvalue weighted by Gasteiger charge is 2.26. The highest BCUT2D eigenvalue weighted by molar-refractivity contribution is 5.61. The fourth-order valence-corrected chi connectivity index (χ4v) is 4.29. The molecule has 1 atom stereocenters. The average Bonchev–Trinajstić information content (AvgIpc) is 2.46. The molecule has 1 aliphatic heterocycles. The van der Waals surface area contributed by atoms with Gasteiger partial charge in [-0.25, -0.2) is 0 Å². The summed E-state index contributed by atoms with van der Waals surface area (Å²) in [4.78, 5) is 0. The van der Waals surface area contributed by atoms with E-state index in [0.717, 1.165) is 11.8 Å². The Balaban J connectivity index is 1.71. The largest absolute Gasteiger partial charge is 0.384 e. The molecule has 0 radical (unpaired) electrons. The monoisotopic (exact) mass is 285 g/mol. The number of para-hydroxylation sites is 1. The first kappa shape index (κ1) is 14.9. The summed E-state index contributed by atoms with van der Waals surface area (Å²) in [5.41, 5.74) is 4.70. The quantitative estimate of drug-likeness (QED) is 0.752. The minimum Gasteiger partial charge on any atom is -0.384 e. The minimum absolute atomic E-state index is 0.231. The Morgan fingerprint density at radius 2 is 1.81 bits per heavy atom. The van der Waals surface area contributed by atoms with E-state index in [1.165, 1.54) is 62.7 Å². The van der Waals surface area contributed by atoms with Crippen LogP contribution < -0.4 is 5.32 Å². The van der Waals surface area contributed by atoms with Crippen molar-refractivity contribution in [3.05, 3.63) is 29.3 Å². The third kappa shape index (κ3) is 3.44. The SMILES string of the molecule is CC(C)(C)c1cccc2c1NCC(CC1CCCCC1)C2. The van der Waals surface area contributed by atoms with Gasteiger partial charge in [-0.1, -0.05) is 71.1 Å². The van der Waals surface area contributed by atoms with Gasteiger partial charge >= 0.3 is 0 Å². The Labute approximate surface area is 130 Å². The minimum atomic E-state index is 0.231. The molecule has 1 aliphatic carbocycles. The van der Waals surface area contributed by atoms with Gasteiger partial charge in [0, 0.05) is 12.2 Å². The third-order valence-corrected chi connectivity index (χ3v) is 5.43. The Morgan fingerprint density at radius 3 is 2.52 bits per heavy atom. The second kappa shape index (κ2) is 6.02. The molecule has 2 aliphatic rings. The van der Waals surface area contributed by atoms with Crippen LogP contribution in [-0.4, -0.2) is 6.54 Å². The van der Waals surface area contributed by atoms with Crippen molar-refractivity contribution in [2.75, 3.05) is 11.9 Å². The lowest BCUT2D eigenvalue weighted by Crippen LogP contribution is -2.28. The summed E-state index contributed by atoms with van der Waals surface area (Å²) in [6, 6.07) is 6.89. The molecule has 0 aromatic heterocycles. The molecule has 1 heterocycles. The molecular formula is C20H31N. The van der Waals surface area contributed by atoms with Crippen LogP contribution in [0.3, 0.4) is 0 Å². The maximum absolute atomic E-state index is 3.78. The summed E-state index contributed by atoms with van der Waals surface area (Å²) in [6.45, 7) is 8.13. The molecule has 1 saturated carbocycles. The first-order valence-corrected chi connectivity index (χ1v) is 8.90. The summed E-state index contributed by atoms with van der Waals surface area (Å²) in [5, 5.41) is 3.78. The van der Waals surface area contributed by atoms with Gasteiger partial charge in [-0.2, -0.15) is 0 Å². The molecule has 116 valence electrons. The van der Waals surface area contributed by atoms with E-state index < -0.39 is 0 Å². The van der Waals surface area contributed by atoms with Crippen molar-refractivity contribution in [3.63, 3.8) is 0 Å². The third-order valence-electron chi connectivity index (χ3n) is 5.43. The van der Waals surface area contributed by atoms with E-state index in [0.29, 0.717) is 0 Å². The van der Waals surface area contributed by atoms with E-state index >= 15 is 0 Å². The highest BCUT2D eigenvalue weighted by atomic mass is 14.9. The first-order valence-electron chi connectivity index (χ1n) is 8.90. The summed E-state index contributed by atoms with van der Waals surface area (Å²) in [7, 11) is 0. The zero-order valence-electron chi connectivity index (χ0n) is 14.0. The topological polar surface area (TPSA) is 12.0 Å². The van der Waals surface area contributed by atoms with Crippen molar-refractivity contribution >= 4 is 5.69 Å². The van der Waals surface area contributed by atoms with Gasteiger partial charge in [-0.15, -0.1) is 0 Å². The maximum Gasteiger partial charge on any atom is 0.0410 e. The first-order chi connectivity index (χ1) is 10.0. The molecule has 3 rings (SSSR count). The van der Waals surface area contributed by atoms with E-state index in [1.54, 1.807) is 5.56 Å². The molecule has 1 unspecified atom stereocenters. The highest BCUT2D eigenvalue weighted by Crippen LogP contribution is 2.38. The molecule has 1 aromatic rings. The van der Waals surface area contributed by atoms with Crippen LogP contribution in [0.25, 0.3) is 0 Å². The predicted molar refractivity (Wildman–Crippen MR) is 92.0 cm³/mol. The van der Waals surface area contributed by atoms with Crippen LogP contribution in [0.1, 0.15) is 70.4 Å². The smallest absolute Gasteiger partial charge is 0.0410 e. The molecular weight excluding hydrogens is 254 g/mol. The summed E-state index contributed by atoms with van der Waals surface area (Å²) in [5.74, 6) is 1.84. The lowest BCUT2D eigenvalue weighted by atomic mass is 9.77. The number of nitrogens with one attached hydrogen (secondary N) is 1.